The van der Waals surface area contributed by atoms with Gasteiger partial charge in [0, 0.05) is 24.2 Å². The number of nitrogens with zero attached hydrogens (tertiary/aromatic N) is 3. The average molecular weight is 325 g/mol. The lowest BCUT2D eigenvalue weighted by atomic mass is 10.0. The Kier molecular flexibility index (Phi) is 4.51. The molecule has 3 aromatic rings. The molecule has 0 unspecified atom stereocenters. The van der Waals surface area contributed by atoms with E-state index in [2.05, 4.69) is 10.1 Å². The molecule has 0 saturated heterocycles. The van der Waals surface area contributed by atoms with Crippen LogP contribution in [0.4, 0.5) is 8.78 Å². The minimum Gasteiger partial charge on any atom is -0.268 e. The van der Waals surface area contributed by atoms with Crippen molar-refractivity contribution in [3.63, 3.8) is 0 Å². The second kappa shape index (κ2) is 6.74. The van der Waals surface area contributed by atoms with Crippen LogP contribution in [-0.4, -0.2) is 14.8 Å². The predicted octanol–water partition coefficient (Wildman–Crippen LogP) is 4.86. The highest BCUT2D eigenvalue weighted by Gasteiger charge is 2.19. The molecule has 3 nitrogen and oxygen atoms in total. The molecule has 0 aliphatic carbocycles. The molecule has 0 radical (unpaired) electrons. The minimum absolute atomic E-state index is 0.111. The highest BCUT2D eigenvalue weighted by Crippen LogP contribution is 2.33. The lowest BCUT2D eigenvalue weighted by molar-refractivity contribution is 0.587. The zero-order valence-electron chi connectivity index (χ0n) is 13.5. The molecule has 2 heterocycles. The summed E-state index contributed by atoms with van der Waals surface area (Å²) in [6, 6.07) is 7.42. The fourth-order valence-electron chi connectivity index (χ4n) is 2.44. The molecule has 3 rings (SSSR count). The highest BCUT2D eigenvalue weighted by atomic mass is 19.1. The van der Waals surface area contributed by atoms with Crippen LogP contribution >= 0.6 is 0 Å². The summed E-state index contributed by atoms with van der Waals surface area (Å²) in [7, 11) is 0. The Balaban J connectivity index is 2.18. The highest BCUT2D eigenvalue weighted by molar-refractivity contribution is 5.80. The Hall–Kier alpha value is -2.82. The topological polar surface area (TPSA) is 30.7 Å². The summed E-state index contributed by atoms with van der Waals surface area (Å²) in [5, 5.41) is 4.42. The SMILES string of the molecule is CC(C)=CCn1cc(-c2ccncc2)c(-c2c(F)cccc2F)n1. The van der Waals surface area contributed by atoms with Crippen LogP contribution in [0.1, 0.15) is 13.8 Å². The molecule has 1 aromatic carbocycles. The maximum atomic E-state index is 14.2. The molecule has 0 fully saturated rings. The third-order valence-corrected chi connectivity index (χ3v) is 3.64. The molecule has 0 aliphatic heterocycles. The first-order valence-corrected chi connectivity index (χ1v) is 7.62. The fraction of sp³-hybridized carbons (Fsp3) is 0.158. The van der Waals surface area contributed by atoms with E-state index in [0.29, 0.717) is 17.8 Å². The van der Waals surface area contributed by atoms with Gasteiger partial charge in [0.05, 0.1) is 12.1 Å². The van der Waals surface area contributed by atoms with Crippen LogP contribution in [-0.2, 0) is 6.54 Å². The number of aromatic nitrogens is 3. The van der Waals surface area contributed by atoms with E-state index >= 15 is 0 Å². The minimum atomic E-state index is -0.627. The first-order valence-electron chi connectivity index (χ1n) is 7.62. The zero-order chi connectivity index (χ0) is 17.1. The molecule has 0 aliphatic rings. The van der Waals surface area contributed by atoms with Crippen molar-refractivity contribution in [2.24, 2.45) is 0 Å². The molecule has 0 bridgehead atoms. The summed E-state index contributed by atoms with van der Waals surface area (Å²) in [4.78, 5) is 3.99. The van der Waals surface area contributed by atoms with Crippen LogP contribution in [0.5, 0.6) is 0 Å². The Morgan fingerprint density at radius 1 is 1.08 bits per heavy atom. The Morgan fingerprint density at radius 3 is 2.38 bits per heavy atom. The molecule has 0 saturated carbocycles. The largest absolute Gasteiger partial charge is 0.268 e. The van der Waals surface area contributed by atoms with Crippen LogP contribution in [0.15, 0.2) is 60.6 Å². The zero-order valence-corrected chi connectivity index (χ0v) is 13.5. The van der Waals surface area contributed by atoms with Gasteiger partial charge in [-0.05, 0) is 43.7 Å². The number of halogens is 2. The smallest absolute Gasteiger partial charge is 0.135 e. The number of hydrogen-bond acceptors (Lipinski definition) is 2. The van der Waals surface area contributed by atoms with Crippen molar-refractivity contribution in [1.82, 2.24) is 14.8 Å². The van der Waals surface area contributed by atoms with Crippen molar-refractivity contribution in [1.29, 1.82) is 0 Å². The van der Waals surface area contributed by atoms with Crippen molar-refractivity contribution in [2.75, 3.05) is 0 Å². The van der Waals surface area contributed by atoms with Gasteiger partial charge in [-0.1, -0.05) is 17.7 Å². The summed E-state index contributed by atoms with van der Waals surface area (Å²) >= 11 is 0. The average Bonchev–Trinajstić information content (AvgIpc) is 2.97. The quantitative estimate of drug-likeness (QED) is 0.642. The standard InChI is InChI=1S/C19H17F2N3/c1-13(2)8-11-24-12-15(14-6-9-22-10-7-14)19(23-24)18-16(20)4-3-5-17(18)21/h3-10,12H,11H2,1-2H3. The first kappa shape index (κ1) is 16.1. The molecule has 0 N–H and O–H groups in total. The van der Waals surface area contributed by atoms with Crippen molar-refractivity contribution < 1.29 is 8.78 Å². The van der Waals surface area contributed by atoms with E-state index in [1.54, 1.807) is 35.4 Å². The summed E-state index contributed by atoms with van der Waals surface area (Å²) in [6.45, 7) is 4.52. The third-order valence-electron chi connectivity index (χ3n) is 3.64. The van der Waals surface area contributed by atoms with E-state index in [4.69, 9.17) is 0 Å². The first-order chi connectivity index (χ1) is 11.6. The van der Waals surface area contributed by atoms with Crippen molar-refractivity contribution in [3.8, 4) is 22.4 Å². The number of pyridine rings is 1. The number of hydrogen-bond donors (Lipinski definition) is 0. The molecule has 122 valence electrons. The lowest BCUT2D eigenvalue weighted by Gasteiger charge is -2.05. The van der Waals surface area contributed by atoms with Gasteiger partial charge in [0.2, 0.25) is 0 Å². The van der Waals surface area contributed by atoms with E-state index in [0.717, 1.165) is 11.1 Å². The van der Waals surface area contributed by atoms with E-state index in [-0.39, 0.29) is 5.56 Å². The fourth-order valence-corrected chi connectivity index (χ4v) is 2.44. The van der Waals surface area contributed by atoms with Crippen LogP contribution in [0, 0.1) is 11.6 Å². The molecular formula is C19H17F2N3. The molecule has 2 aromatic heterocycles. The van der Waals surface area contributed by atoms with Gasteiger partial charge in [-0.2, -0.15) is 5.10 Å². The molecule has 0 spiro atoms. The van der Waals surface area contributed by atoms with Gasteiger partial charge in [0.1, 0.15) is 17.3 Å². The monoisotopic (exact) mass is 325 g/mol. The molecule has 0 amide bonds. The number of allylic oxidation sites excluding steroid dienone is 2. The number of rotatable bonds is 4. The van der Waals surface area contributed by atoms with E-state index in [1.165, 1.54) is 18.2 Å². The van der Waals surface area contributed by atoms with Crippen LogP contribution < -0.4 is 0 Å². The van der Waals surface area contributed by atoms with Crippen molar-refractivity contribution in [3.05, 3.63) is 72.2 Å². The van der Waals surface area contributed by atoms with Crippen molar-refractivity contribution >= 4 is 0 Å². The van der Waals surface area contributed by atoms with Crippen molar-refractivity contribution in [2.45, 2.75) is 20.4 Å². The van der Waals surface area contributed by atoms with Gasteiger partial charge >= 0.3 is 0 Å². The van der Waals surface area contributed by atoms with Gasteiger partial charge in [-0.25, -0.2) is 8.78 Å². The maximum absolute atomic E-state index is 14.2. The predicted molar refractivity (Wildman–Crippen MR) is 90.2 cm³/mol. The molecule has 5 heteroatoms. The molecular weight excluding hydrogens is 308 g/mol. The van der Waals surface area contributed by atoms with Gasteiger partial charge in [0.25, 0.3) is 0 Å². The van der Waals surface area contributed by atoms with Gasteiger partial charge in [-0.15, -0.1) is 0 Å². The Labute approximate surface area is 139 Å². The second-order valence-electron chi connectivity index (χ2n) is 5.73. The number of benzene rings is 1. The van der Waals surface area contributed by atoms with Gasteiger partial charge < -0.3 is 0 Å². The molecule has 0 atom stereocenters. The normalized spacial score (nSPS) is 10.7. The third kappa shape index (κ3) is 3.25. The summed E-state index contributed by atoms with van der Waals surface area (Å²) < 4.78 is 30.2. The summed E-state index contributed by atoms with van der Waals surface area (Å²) in [6.07, 6.45) is 7.09. The van der Waals surface area contributed by atoms with E-state index in [9.17, 15) is 8.78 Å². The van der Waals surface area contributed by atoms with Crippen LogP contribution in [0.2, 0.25) is 0 Å². The van der Waals surface area contributed by atoms with Crippen LogP contribution in [0.25, 0.3) is 22.4 Å². The summed E-state index contributed by atoms with van der Waals surface area (Å²) in [5.74, 6) is -1.25. The maximum Gasteiger partial charge on any atom is 0.135 e. The Morgan fingerprint density at radius 2 is 1.75 bits per heavy atom. The molecule has 24 heavy (non-hydrogen) atoms. The Bertz CT molecular complexity index is 859. The summed E-state index contributed by atoms with van der Waals surface area (Å²) in [5.41, 5.74) is 2.81. The van der Waals surface area contributed by atoms with E-state index < -0.39 is 11.6 Å². The van der Waals surface area contributed by atoms with Crippen LogP contribution in [0.3, 0.4) is 0 Å². The lowest BCUT2D eigenvalue weighted by Crippen LogP contribution is -1.97. The van der Waals surface area contributed by atoms with Gasteiger partial charge in [-0.3, -0.25) is 9.67 Å². The second-order valence-corrected chi connectivity index (χ2v) is 5.73. The van der Waals surface area contributed by atoms with E-state index in [1.807, 2.05) is 19.9 Å². The van der Waals surface area contributed by atoms with Gasteiger partial charge in [0.15, 0.2) is 0 Å².